The summed E-state index contributed by atoms with van der Waals surface area (Å²) in [6, 6.07) is 9.25. The molecule has 0 radical (unpaired) electrons. The first-order valence-electron chi connectivity index (χ1n) is 23.3. The lowest BCUT2D eigenvalue weighted by Crippen LogP contribution is -2.52. The molecule has 4 N–H and O–H groups in total. The molecular formula is C49H57FN10O7S. The van der Waals surface area contributed by atoms with Crippen molar-refractivity contribution in [2.75, 3.05) is 32.2 Å². The molecule has 0 bridgehead atoms. The number of halogens is 1. The third-order valence-electron chi connectivity index (χ3n) is 13.0. The van der Waals surface area contributed by atoms with Crippen molar-refractivity contribution in [3.63, 3.8) is 0 Å². The highest BCUT2D eigenvalue weighted by Crippen LogP contribution is 2.50. The molecule has 2 fully saturated rings. The molecule has 2 aliphatic heterocycles. The highest BCUT2D eigenvalue weighted by atomic mass is 32.1. The average Bonchev–Trinajstić information content (AvgIpc) is 3.92. The SMILES string of the molecule is CCCCN(C(=O)[C@@H](NC(=O)OC)C(C)C)c1ncc(-c2ccc3c(c2)cc2n3[C@H](c3cnc(C4CC4)s3)Oc3cc(-c4cnc([C@@H]5CCCN5C(=O)[C@@H](NC(=O)OC)C(C)C)[nH]4)cc(F)c3-2)[nH]1. The average molecular weight is 949 g/mol. The van der Waals surface area contributed by atoms with Gasteiger partial charge in [0.1, 0.15) is 29.5 Å². The number of fused-ring (bicyclic) bond motifs is 5. The molecule has 4 atom stereocenters. The van der Waals surface area contributed by atoms with Crippen LogP contribution in [0.3, 0.4) is 0 Å². The van der Waals surface area contributed by atoms with E-state index in [4.69, 9.17) is 24.2 Å². The zero-order chi connectivity index (χ0) is 48.0. The lowest BCUT2D eigenvalue weighted by atomic mass is 10.0. The van der Waals surface area contributed by atoms with Gasteiger partial charge in [0.05, 0.1) is 70.7 Å². The molecule has 0 unspecified atom stereocenters. The van der Waals surface area contributed by atoms with Gasteiger partial charge in [-0.1, -0.05) is 47.1 Å². The quantitative estimate of drug-likeness (QED) is 0.0770. The van der Waals surface area contributed by atoms with Gasteiger partial charge in [-0.05, 0) is 74.3 Å². The molecule has 19 heteroatoms. The molecule has 68 heavy (non-hydrogen) atoms. The van der Waals surface area contributed by atoms with Crippen molar-refractivity contribution < 1.29 is 37.8 Å². The number of imidazole rings is 2. The molecule has 6 aromatic rings. The number of nitrogens with zero attached hydrogens (tertiary/aromatic N) is 6. The molecule has 6 heterocycles. The third-order valence-corrected chi connectivity index (χ3v) is 14.2. The Kier molecular flexibility index (Phi) is 13.0. The number of amides is 4. The van der Waals surface area contributed by atoms with Gasteiger partial charge in [-0.3, -0.25) is 19.1 Å². The van der Waals surface area contributed by atoms with Crippen LogP contribution in [0, 0.1) is 17.7 Å². The van der Waals surface area contributed by atoms with Gasteiger partial charge >= 0.3 is 12.2 Å². The largest absolute Gasteiger partial charge is 0.464 e. The van der Waals surface area contributed by atoms with Gasteiger partial charge in [0, 0.05) is 41.7 Å². The number of anilines is 1. The number of likely N-dealkylation sites (tertiary alicyclic amines) is 1. The monoisotopic (exact) mass is 948 g/mol. The Bertz CT molecular complexity index is 2860. The molecule has 1 saturated heterocycles. The van der Waals surface area contributed by atoms with Gasteiger partial charge in [0.25, 0.3) is 5.91 Å². The second-order valence-corrected chi connectivity index (χ2v) is 19.5. The number of H-pyrrole nitrogens is 2. The van der Waals surface area contributed by atoms with Crippen LogP contribution < -0.4 is 20.3 Å². The van der Waals surface area contributed by atoms with Crippen molar-refractivity contribution in [2.24, 2.45) is 11.8 Å². The molecule has 358 valence electrons. The molecule has 9 rings (SSSR count). The minimum Gasteiger partial charge on any atom is -0.464 e. The van der Waals surface area contributed by atoms with Gasteiger partial charge in [0.2, 0.25) is 18.1 Å². The number of aromatic nitrogens is 6. The predicted molar refractivity (Wildman–Crippen MR) is 255 cm³/mol. The maximum absolute atomic E-state index is 16.9. The number of carbonyl (C=O) groups excluding carboxylic acids is 4. The number of methoxy groups -OCH3 is 2. The van der Waals surface area contributed by atoms with Gasteiger partial charge < -0.3 is 39.7 Å². The lowest BCUT2D eigenvalue weighted by Gasteiger charge is -2.30. The van der Waals surface area contributed by atoms with E-state index in [2.05, 4.69) is 25.6 Å². The summed E-state index contributed by atoms with van der Waals surface area (Å²) in [5.41, 5.74) is 4.34. The Morgan fingerprint density at radius 3 is 2.32 bits per heavy atom. The van der Waals surface area contributed by atoms with E-state index >= 15 is 4.39 Å². The summed E-state index contributed by atoms with van der Waals surface area (Å²) in [5.74, 6) is 0.323. The number of nitrogens with one attached hydrogen (secondary N) is 4. The van der Waals surface area contributed by atoms with Crippen molar-refractivity contribution in [1.29, 1.82) is 0 Å². The fourth-order valence-electron chi connectivity index (χ4n) is 9.16. The summed E-state index contributed by atoms with van der Waals surface area (Å²) in [6.07, 6.45) is 8.37. The van der Waals surface area contributed by atoms with Crippen LogP contribution in [-0.2, 0) is 19.1 Å². The smallest absolute Gasteiger partial charge is 0.407 e. The molecular weight excluding hydrogens is 892 g/mol. The Hall–Kier alpha value is -6.76. The fourth-order valence-corrected chi connectivity index (χ4v) is 10.3. The number of aromatic amines is 2. The van der Waals surface area contributed by atoms with Gasteiger partial charge in [-0.2, -0.15) is 0 Å². The van der Waals surface area contributed by atoms with Crippen LogP contribution in [0.1, 0.15) is 107 Å². The molecule has 17 nitrogen and oxygen atoms in total. The molecule has 3 aliphatic rings. The van der Waals surface area contributed by atoms with Crippen molar-refractivity contribution >= 4 is 52.2 Å². The van der Waals surface area contributed by atoms with Crippen LogP contribution in [-0.4, -0.2) is 97.8 Å². The van der Waals surface area contributed by atoms with E-state index in [1.54, 1.807) is 33.5 Å². The number of alkyl carbamates (subject to hydrolysis) is 2. The maximum Gasteiger partial charge on any atom is 0.407 e. The molecule has 1 aliphatic carbocycles. The molecule has 4 aromatic heterocycles. The number of rotatable bonds is 15. The van der Waals surface area contributed by atoms with Gasteiger partial charge in [0.15, 0.2) is 0 Å². The van der Waals surface area contributed by atoms with Crippen LogP contribution in [0.5, 0.6) is 5.75 Å². The van der Waals surface area contributed by atoms with Crippen LogP contribution >= 0.6 is 11.3 Å². The second-order valence-electron chi connectivity index (χ2n) is 18.4. The number of benzene rings is 2. The fraction of sp³-hybridized carbons (Fsp3) is 0.449. The van der Waals surface area contributed by atoms with Gasteiger partial charge in [-0.15, -0.1) is 11.3 Å². The molecule has 1 saturated carbocycles. The van der Waals surface area contributed by atoms with E-state index < -0.39 is 36.3 Å². The summed E-state index contributed by atoms with van der Waals surface area (Å²) < 4.78 is 35.4. The highest BCUT2D eigenvalue weighted by Gasteiger charge is 2.39. The zero-order valence-electron chi connectivity index (χ0n) is 39.2. The van der Waals surface area contributed by atoms with Crippen molar-refractivity contribution in [3.05, 3.63) is 76.5 Å². The number of thiazole rings is 1. The summed E-state index contributed by atoms with van der Waals surface area (Å²) in [7, 11) is 2.53. The Morgan fingerprint density at radius 1 is 0.897 bits per heavy atom. The first-order chi connectivity index (χ1) is 32.8. The number of ether oxygens (including phenoxy) is 3. The summed E-state index contributed by atoms with van der Waals surface area (Å²) in [5, 5.41) is 7.26. The van der Waals surface area contributed by atoms with Crippen LogP contribution in [0.4, 0.5) is 19.9 Å². The van der Waals surface area contributed by atoms with Crippen LogP contribution in [0.25, 0.3) is 44.7 Å². The van der Waals surface area contributed by atoms with E-state index in [9.17, 15) is 19.2 Å². The second kappa shape index (κ2) is 19.1. The Labute approximate surface area is 397 Å². The number of carbonyl (C=O) groups is 4. The number of hydrogen-bond donors (Lipinski definition) is 4. The first-order valence-corrected chi connectivity index (χ1v) is 24.1. The molecule has 4 amide bonds. The lowest BCUT2D eigenvalue weighted by molar-refractivity contribution is -0.135. The van der Waals surface area contributed by atoms with Crippen molar-refractivity contribution in [2.45, 2.75) is 103 Å². The predicted octanol–water partition coefficient (Wildman–Crippen LogP) is 9.06. The Balaban J connectivity index is 1.05. The first kappa shape index (κ1) is 46.4. The van der Waals surface area contributed by atoms with Crippen LogP contribution in [0.2, 0.25) is 0 Å². The summed E-state index contributed by atoms with van der Waals surface area (Å²) in [6.45, 7) is 10.4. The maximum atomic E-state index is 16.9. The standard InChI is InChI=1S/C49H57FN10O7S/c1-8-9-16-59(45(62)41(26(4)5)57-49(64)66-7)47-53-23-32(55-47)28-14-15-34-30(18-28)20-36-39-31(50)19-29(21-37(39)67-46(60(34)36)38-24-52-43(68-38)27-12-13-27)33-22-51-42(54-33)35-11-10-17-58(35)44(61)40(25(2)3)56-48(63)65-6/h14-15,18-27,35,40-41,46H,8-13,16-17H2,1-7H3,(H,51,54)(H,53,55)(H,56,63)(H,57,64)/t35-,40-,41-,46-/m0/s1. The topological polar surface area (TPSA) is 202 Å². The summed E-state index contributed by atoms with van der Waals surface area (Å²) in [4.78, 5) is 77.2. The number of unbranched alkanes of at least 4 members (excludes halogenated alkanes) is 1. The van der Waals surface area contributed by atoms with Gasteiger partial charge in [-0.25, -0.2) is 28.9 Å². The van der Waals surface area contributed by atoms with E-state index in [1.807, 2.05) is 75.7 Å². The minimum atomic E-state index is -0.829. The zero-order valence-corrected chi connectivity index (χ0v) is 40.0. The molecule has 2 aromatic carbocycles. The normalized spacial score (nSPS) is 17.4. The minimum absolute atomic E-state index is 0.180. The third kappa shape index (κ3) is 8.90. The highest BCUT2D eigenvalue weighted by molar-refractivity contribution is 7.11. The van der Waals surface area contributed by atoms with Crippen molar-refractivity contribution in [3.8, 4) is 39.5 Å². The summed E-state index contributed by atoms with van der Waals surface area (Å²) >= 11 is 1.61. The van der Waals surface area contributed by atoms with E-state index in [-0.39, 0.29) is 29.7 Å². The number of hydrogen-bond acceptors (Lipinski definition) is 11. The van der Waals surface area contributed by atoms with E-state index in [1.165, 1.54) is 20.3 Å². The Morgan fingerprint density at radius 2 is 1.62 bits per heavy atom. The van der Waals surface area contributed by atoms with Crippen molar-refractivity contribution in [1.82, 2.24) is 45.0 Å². The molecule has 0 spiro atoms. The van der Waals surface area contributed by atoms with Crippen LogP contribution in [0.15, 0.2) is 55.0 Å². The van der Waals surface area contributed by atoms with E-state index in [0.717, 1.165) is 58.5 Å². The van der Waals surface area contributed by atoms with E-state index in [0.29, 0.717) is 71.2 Å².